The van der Waals surface area contributed by atoms with Crippen LogP contribution in [0.15, 0.2) is 0 Å². The molecule has 0 aliphatic rings. The Labute approximate surface area is 418 Å². The van der Waals surface area contributed by atoms with Crippen molar-refractivity contribution in [3.63, 3.8) is 0 Å². The molecule has 0 spiro atoms. The fourth-order valence-corrected chi connectivity index (χ4v) is 9.51. The van der Waals surface area contributed by atoms with Gasteiger partial charge in [0.25, 0.3) is 0 Å². The van der Waals surface area contributed by atoms with Crippen LogP contribution in [0.2, 0.25) is 0 Å². The molecule has 0 heterocycles. The van der Waals surface area contributed by atoms with Gasteiger partial charge in [-0.15, -0.1) is 0 Å². The van der Waals surface area contributed by atoms with Crippen molar-refractivity contribution in [3.05, 3.63) is 0 Å². The van der Waals surface area contributed by atoms with Crippen LogP contribution in [0.3, 0.4) is 0 Å². The van der Waals surface area contributed by atoms with Crippen LogP contribution >= 0.6 is 0 Å². The molecule has 0 amide bonds. The van der Waals surface area contributed by atoms with Gasteiger partial charge in [-0.2, -0.15) is 0 Å². The van der Waals surface area contributed by atoms with Crippen LogP contribution in [-0.2, 0) is 28.6 Å². The van der Waals surface area contributed by atoms with E-state index in [4.69, 9.17) is 14.2 Å². The highest BCUT2D eigenvalue weighted by atomic mass is 16.6. The third-order valence-corrected chi connectivity index (χ3v) is 14.1. The average Bonchev–Trinajstić information content (AvgIpc) is 3.33. The quantitative estimate of drug-likeness (QED) is 0.0343. The highest BCUT2D eigenvalue weighted by Gasteiger charge is 2.19. The van der Waals surface area contributed by atoms with E-state index in [1.165, 1.54) is 257 Å². The summed E-state index contributed by atoms with van der Waals surface area (Å²) in [5.41, 5.74) is 0. The Balaban J connectivity index is 3.97. The summed E-state index contributed by atoms with van der Waals surface area (Å²) in [6, 6.07) is 0. The lowest BCUT2D eigenvalue weighted by atomic mass is 10.0. The zero-order chi connectivity index (χ0) is 48.6. The summed E-state index contributed by atoms with van der Waals surface area (Å²) in [5, 5.41) is 0. The van der Waals surface area contributed by atoms with Gasteiger partial charge in [0.2, 0.25) is 0 Å². The molecule has 0 aliphatic heterocycles. The Morgan fingerprint density at radius 2 is 0.403 bits per heavy atom. The van der Waals surface area contributed by atoms with Crippen LogP contribution in [0.4, 0.5) is 0 Å². The first-order valence-corrected chi connectivity index (χ1v) is 30.5. The van der Waals surface area contributed by atoms with Crippen LogP contribution in [0.1, 0.15) is 355 Å². The number of carbonyl (C=O) groups excluding carboxylic acids is 3. The molecule has 0 saturated heterocycles. The molecule has 0 aromatic heterocycles. The standard InChI is InChI=1S/C61H118O6/c1-4-7-10-13-16-19-21-22-23-24-25-26-27-28-29-30-31-32-33-34-35-36-37-38-40-42-45-48-51-54-60(63)66-57-58(56-65-59(62)53-50-47-44-41-18-15-12-9-6-3)67-61(64)55-52-49-46-43-39-20-17-14-11-8-5-2/h58H,4-57H2,1-3H3. The van der Waals surface area contributed by atoms with Crippen molar-refractivity contribution >= 4 is 17.9 Å². The van der Waals surface area contributed by atoms with E-state index < -0.39 is 6.10 Å². The molecule has 0 aromatic rings. The van der Waals surface area contributed by atoms with Crippen molar-refractivity contribution in [1.82, 2.24) is 0 Å². The Morgan fingerprint density at radius 3 is 0.597 bits per heavy atom. The normalized spacial score (nSPS) is 11.9. The zero-order valence-electron chi connectivity index (χ0n) is 45.7. The van der Waals surface area contributed by atoms with Crippen LogP contribution in [0, 0.1) is 0 Å². The van der Waals surface area contributed by atoms with E-state index in [-0.39, 0.29) is 31.1 Å². The van der Waals surface area contributed by atoms with Gasteiger partial charge in [-0.25, -0.2) is 0 Å². The molecule has 0 saturated carbocycles. The number of rotatable bonds is 57. The monoisotopic (exact) mass is 947 g/mol. The lowest BCUT2D eigenvalue weighted by Gasteiger charge is -2.18. The maximum Gasteiger partial charge on any atom is 0.306 e. The first kappa shape index (κ1) is 65.4. The minimum Gasteiger partial charge on any atom is -0.462 e. The summed E-state index contributed by atoms with van der Waals surface area (Å²) in [5.74, 6) is -0.841. The minimum absolute atomic E-state index is 0.0618. The smallest absolute Gasteiger partial charge is 0.306 e. The number of ether oxygens (including phenoxy) is 3. The molecule has 0 aliphatic carbocycles. The van der Waals surface area contributed by atoms with Gasteiger partial charge in [0, 0.05) is 19.3 Å². The summed E-state index contributed by atoms with van der Waals surface area (Å²) in [7, 11) is 0. The van der Waals surface area contributed by atoms with E-state index in [1.807, 2.05) is 0 Å². The molecular weight excluding hydrogens is 829 g/mol. The Bertz CT molecular complexity index is 998. The van der Waals surface area contributed by atoms with Crippen molar-refractivity contribution in [2.24, 2.45) is 0 Å². The Hall–Kier alpha value is -1.59. The molecule has 0 rings (SSSR count). The molecule has 0 radical (unpaired) electrons. The van der Waals surface area contributed by atoms with Crippen LogP contribution in [0.25, 0.3) is 0 Å². The van der Waals surface area contributed by atoms with Gasteiger partial charge >= 0.3 is 17.9 Å². The summed E-state index contributed by atoms with van der Waals surface area (Å²) < 4.78 is 16.8. The van der Waals surface area contributed by atoms with Gasteiger partial charge in [0.15, 0.2) is 6.10 Å². The number of hydrogen-bond acceptors (Lipinski definition) is 6. The largest absolute Gasteiger partial charge is 0.462 e. The van der Waals surface area contributed by atoms with Gasteiger partial charge in [0.05, 0.1) is 0 Å². The third kappa shape index (κ3) is 55.2. The lowest BCUT2D eigenvalue weighted by molar-refractivity contribution is -0.167. The molecule has 6 nitrogen and oxygen atoms in total. The third-order valence-electron chi connectivity index (χ3n) is 14.1. The second-order valence-electron chi connectivity index (χ2n) is 21.0. The van der Waals surface area contributed by atoms with Crippen LogP contribution < -0.4 is 0 Å². The minimum atomic E-state index is -0.759. The molecule has 0 aromatic carbocycles. The second-order valence-corrected chi connectivity index (χ2v) is 21.0. The van der Waals surface area contributed by atoms with E-state index >= 15 is 0 Å². The predicted octanol–water partition coefficient (Wildman–Crippen LogP) is 20.3. The molecule has 0 fully saturated rings. The number of hydrogen-bond donors (Lipinski definition) is 0. The van der Waals surface area contributed by atoms with E-state index in [2.05, 4.69) is 20.8 Å². The van der Waals surface area contributed by atoms with Crippen LogP contribution in [0.5, 0.6) is 0 Å². The Kier molecular flexibility index (Phi) is 55.6. The van der Waals surface area contributed by atoms with Gasteiger partial charge in [-0.05, 0) is 19.3 Å². The molecule has 398 valence electrons. The van der Waals surface area contributed by atoms with Crippen molar-refractivity contribution in [2.75, 3.05) is 13.2 Å². The number of unbranched alkanes of at least 4 members (excludes halogenated alkanes) is 46. The van der Waals surface area contributed by atoms with Gasteiger partial charge in [-0.1, -0.05) is 316 Å². The molecule has 1 unspecified atom stereocenters. The molecule has 0 bridgehead atoms. The van der Waals surface area contributed by atoms with E-state index in [9.17, 15) is 14.4 Å². The van der Waals surface area contributed by atoms with Crippen molar-refractivity contribution in [2.45, 2.75) is 361 Å². The average molecular weight is 948 g/mol. The lowest BCUT2D eigenvalue weighted by Crippen LogP contribution is -2.30. The highest BCUT2D eigenvalue weighted by Crippen LogP contribution is 2.18. The Morgan fingerprint density at radius 1 is 0.239 bits per heavy atom. The molecule has 0 N–H and O–H groups in total. The molecule has 67 heavy (non-hydrogen) atoms. The maximum absolute atomic E-state index is 12.8. The first-order valence-electron chi connectivity index (χ1n) is 30.5. The van der Waals surface area contributed by atoms with Gasteiger partial charge in [-0.3, -0.25) is 14.4 Å². The maximum atomic E-state index is 12.8. The zero-order valence-corrected chi connectivity index (χ0v) is 45.7. The summed E-state index contributed by atoms with van der Waals surface area (Å²) >= 11 is 0. The SMILES string of the molecule is CCCCCCCCCCCCCCCCCCCCCCCCCCCCCCCC(=O)OCC(COC(=O)CCCCCCCCCCC)OC(=O)CCCCCCCCCCCCC. The molecule has 6 heteroatoms. The van der Waals surface area contributed by atoms with Crippen molar-refractivity contribution in [3.8, 4) is 0 Å². The topological polar surface area (TPSA) is 78.9 Å². The first-order chi connectivity index (χ1) is 33.0. The fraction of sp³-hybridized carbons (Fsp3) is 0.951. The van der Waals surface area contributed by atoms with E-state index in [1.54, 1.807) is 0 Å². The highest BCUT2D eigenvalue weighted by molar-refractivity contribution is 5.71. The predicted molar refractivity (Wildman–Crippen MR) is 289 cm³/mol. The fourth-order valence-electron chi connectivity index (χ4n) is 9.51. The van der Waals surface area contributed by atoms with Gasteiger partial charge in [0.1, 0.15) is 13.2 Å². The van der Waals surface area contributed by atoms with E-state index in [0.717, 1.165) is 57.8 Å². The molecular formula is C61H118O6. The number of esters is 3. The second kappa shape index (κ2) is 57.0. The number of carbonyl (C=O) groups is 3. The summed E-state index contributed by atoms with van der Waals surface area (Å²) in [6.07, 6.45) is 64.2. The molecule has 1 atom stereocenters. The van der Waals surface area contributed by atoms with Gasteiger partial charge < -0.3 is 14.2 Å². The van der Waals surface area contributed by atoms with Crippen molar-refractivity contribution < 1.29 is 28.6 Å². The summed E-state index contributed by atoms with van der Waals surface area (Å²) in [6.45, 7) is 6.67. The summed E-state index contributed by atoms with van der Waals surface area (Å²) in [4.78, 5) is 37.9. The van der Waals surface area contributed by atoms with E-state index in [0.29, 0.717) is 19.3 Å². The van der Waals surface area contributed by atoms with Crippen LogP contribution in [-0.4, -0.2) is 37.2 Å². The van der Waals surface area contributed by atoms with Crippen molar-refractivity contribution in [1.29, 1.82) is 0 Å².